The third-order valence-electron chi connectivity index (χ3n) is 7.65. The molecule has 0 bridgehead atoms. The molecule has 3 heterocycles. The summed E-state index contributed by atoms with van der Waals surface area (Å²) in [6.45, 7) is 10.7. The molecule has 0 saturated carbocycles. The number of aromatic nitrogens is 2. The number of carbonyl (C=O) groups excluding carboxylic acids is 1. The number of pyridine rings is 2. The van der Waals surface area contributed by atoms with E-state index in [-0.39, 0.29) is 18.4 Å². The molecule has 40 heavy (non-hydrogen) atoms. The Kier molecular flexibility index (Phi) is 9.14. The molecule has 4 rings (SSSR count). The molecule has 1 amide bonds. The van der Waals surface area contributed by atoms with Crippen LogP contribution in [0.5, 0.6) is 5.75 Å². The van der Waals surface area contributed by atoms with E-state index in [0.29, 0.717) is 42.1 Å². The minimum Gasteiger partial charge on any atom is -0.492 e. The highest BCUT2D eigenvalue weighted by molar-refractivity contribution is 5.99. The molecular weight excluding hydrogens is 500 g/mol. The minimum absolute atomic E-state index is 0.0383. The van der Waals surface area contributed by atoms with Crippen LogP contribution in [-0.4, -0.2) is 59.0 Å². The Balaban J connectivity index is 1.77. The molecule has 1 aliphatic heterocycles. The molecule has 0 radical (unpaired) electrons. The number of fused-ring (bicyclic) bond motifs is 1. The van der Waals surface area contributed by atoms with Gasteiger partial charge in [-0.15, -0.1) is 0 Å². The molecule has 1 aliphatic rings. The van der Waals surface area contributed by atoms with E-state index in [1.54, 1.807) is 12.3 Å². The van der Waals surface area contributed by atoms with Crippen molar-refractivity contribution in [2.45, 2.75) is 53.0 Å². The largest absolute Gasteiger partial charge is 0.492 e. The highest BCUT2D eigenvalue weighted by atomic mass is 16.5. The van der Waals surface area contributed by atoms with Gasteiger partial charge in [-0.1, -0.05) is 13.0 Å². The maximum Gasteiger partial charge on any atom is 0.254 e. The summed E-state index contributed by atoms with van der Waals surface area (Å²) in [6, 6.07) is 12.1. The lowest BCUT2D eigenvalue weighted by atomic mass is 9.86. The highest BCUT2D eigenvalue weighted by Crippen LogP contribution is 2.36. The summed E-state index contributed by atoms with van der Waals surface area (Å²) in [4.78, 5) is 27.3. The lowest BCUT2D eigenvalue weighted by molar-refractivity contribution is 0.0669. The average molecular weight is 537 g/mol. The van der Waals surface area contributed by atoms with Crippen LogP contribution < -0.4 is 4.74 Å². The molecule has 1 aromatic carbocycles. The SMILES string of the molecule is CCOc1cc([C@H](C)N2CCc3c(cc(CCN(C)CC)cc3-c3cc(CC#N)cnc3C)C2=O)ncc1C#N. The van der Waals surface area contributed by atoms with Gasteiger partial charge in [-0.2, -0.15) is 10.5 Å². The van der Waals surface area contributed by atoms with Gasteiger partial charge in [0.25, 0.3) is 5.91 Å². The molecule has 2 aromatic heterocycles. The zero-order valence-electron chi connectivity index (χ0n) is 24.0. The summed E-state index contributed by atoms with van der Waals surface area (Å²) in [5.74, 6) is 0.445. The molecule has 0 aliphatic carbocycles. The number of ether oxygens (including phenoxy) is 1. The topological polar surface area (TPSA) is 106 Å². The Morgan fingerprint density at radius 3 is 2.52 bits per heavy atom. The van der Waals surface area contributed by atoms with Gasteiger partial charge in [0.05, 0.1) is 30.8 Å². The summed E-state index contributed by atoms with van der Waals surface area (Å²) in [5, 5.41) is 18.7. The van der Waals surface area contributed by atoms with Gasteiger partial charge in [-0.05, 0) is 81.6 Å². The fourth-order valence-electron chi connectivity index (χ4n) is 5.15. The van der Waals surface area contributed by atoms with Crippen molar-refractivity contribution >= 4 is 5.91 Å². The van der Waals surface area contributed by atoms with Crippen LogP contribution in [0.25, 0.3) is 11.1 Å². The van der Waals surface area contributed by atoms with E-state index < -0.39 is 0 Å². The number of nitriles is 2. The standard InChI is InChI=1S/C32H36N6O2/c1-6-37(5)12-9-23-14-28(27-16-24(8-11-33)19-35-21(27)3)26-10-13-38(32(39)29(26)15-23)22(4)30-17-31(40-7-2)25(18-34)20-36-30/h14-17,19-20,22H,6-10,12-13H2,1-5H3/t22-/m0/s1. The Morgan fingerprint density at radius 1 is 1.07 bits per heavy atom. The van der Waals surface area contributed by atoms with Gasteiger partial charge in [0.2, 0.25) is 0 Å². The average Bonchev–Trinajstić information content (AvgIpc) is 2.97. The molecular formula is C32H36N6O2. The van der Waals surface area contributed by atoms with Gasteiger partial charge in [-0.25, -0.2) is 0 Å². The quantitative estimate of drug-likeness (QED) is 0.357. The molecule has 0 spiro atoms. The van der Waals surface area contributed by atoms with Crippen LogP contribution >= 0.6 is 0 Å². The first-order valence-corrected chi connectivity index (χ1v) is 13.8. The number of amides is 1. The first-order valence-electron chi connectivity index (χ1n) is 13.8. The second-order valence-electron chi connectivity index (χ2n) is 10.2. The summed E-state index contributed by atoms with van der Waals surface area (Å²) in [5.41, 5.74) is 7.61. The van der Waals surface area contributed by atoms with Crippen LogP contribution in [0.4, 0.5) is 0 Å². The normalized spacial score (nSPS) is 13.5. The number of likely N-dealkylation sites (N-methyl/N-ethyl adjacent to an activating group) is 1. The lowest BCUT2D eigenvalue weighted by Crippen LogP contribution is -2.40. The number of benzene rings is 1. The van der Waals surface area contributed by atoms with Gasteiger partial charge >= 0.3 is 0 Å². The zero-order chi connectivity index (χ0) is 28.8. The predicted octanol–water partition coefficient (Wildman–Crippen LogP) is 5.04. The van der Waals surface area contributed by atoms with Crippen LogP contribution in [0.2, 0.25) is 0 Å². The van der Waals surface area contributed by atoms with Gasteiger partial charge in [-0.3, -0.25) is 14.8 Å². The van der Waals surface area contributed by atoms with E-state index in [1.807, 2.05) is 37.8 Å². The van der Waals surface area contributed by atoms with Crippen LogP contribution in [0, 0.1) is 29.6 Å². The molecule has 0 saturated heterocycles. The smallest absolute Gasteiger partial charge is 0.254 e. The third-order valence-corrected chi connectivity index (χ3v) is 7.65. The van der Waals surface area contributed by atoms with Crippen LogP contribution in [-0.2, 0) is 19.3 Å². The number of carbonyl (C=O) groups is 1. The molecule has 0 N–H and O–H groups in total. The van der Waals surface area contributed by atoms with Crippen molar-refractivity contribution in [1.29, 1.82) is 10.5 Å². The Labute approximate surface area is 236 Å². The molecule has 3 aromatic rings. The van der Waals surface area contributed by atoms with Crippen molar-refractivity contribution in [3.63, 3.8) is 0 Å². The maximum atomic E-state index is 14.1. The van der Waals surface area contributed by atoms with Crippen molar-refractivity contribution in [3.8, 4) is 29.0 Å². The van der Waals surface area contributed by atoms with Crippen LogP contribution in [0.3, 0.4) is 0 Å². The molecule has 0 fully saturated rings. The van der Waals surface area contributed by atoms with Crippen molar-refractivity contribution in [2.75, 3.05) is 33.3 Å². The van der Waals surface area contributed by atoms with E-state index in [2.05, 4.69) is 47.0 Å². The van der Waals surface area contributed by atoms with Gasteiger partial charge in [0.1, 0.15) is 17.4 Å². The van der Waals surface area contributed by atoms with Crippen LogP contribution in [0.1, 0.15) is 70.8 Å². The van der Waals surface area contributed by atoms with Crippen molar-refractivity contribution in [3.05, 3.63) is 75.9 Å². The van der Waals surface area contributed by atoms with E-state index in [1.165, 1.54) is 6.20 Å². The Hall–Kier alpha value is -4.27. The fourth-order valence-corrected chi connectivity index (χ4v) is 5.15. The predicted molar refractivity (Wildman–Crippen MR) is 154 cm³/mol. The van der Waals surface area contributed by atoms with E-state index in [4.69, 9.17) is 4.74 Å². The second-order valence-corrected chi connectivity index (χ2v) is 10.2. The van der Waals surface area contributed by atoms with Gasteiger partial charge in [0.15, 0.2) is 0 Å². The summed E-state index contributed by atoms with van der Waals surface area (Å²) >= 11 is 0. The fraction of sp³-hybridized carbons (Fsp3) is 0.406. The third kappa shape index (κ3) is 5.98. The lowest BCUT2D eigenvalue weighted by Gasteiger charge is -2.35. The van der Waals surface area contributed by atoms with Crippen molar-refractivity contribution in [2.24, 2.45) is 0 Å². The zero-order valence-corrected chi connectivity index (χ0v) is 24.0. The monoisotopic (exact) mass is 536 g/mol. The number of rotatable bonds is 10. The Morgan fingerprint density at radius 2 is 1.82 bits per heavy atom. The van der Waals surface area contributed by atoms with Crippen LogP contribution in [0.15, 0.2) is 36.7 Å². The maximum absolute atomic E-state index is 14.1. The van der Waals surface area contributed by atoms with E-state index >= 15 is 0 Å². The van der Waals surface area contributed by atoms with Gasteiger partial charge < -0.3 is 14.5 Å². The summed E-state index contributed by atoms with van der Waals surface area (Å²) < 4.78 is 5.67. The highest BCUT2D eigenvalue weighted by Gasteiger charge is 2.32. The number of aryl methyl sites for hydroxylation is 1. The molecule has 1 atom stereocenters. The second kappa shape index (κ2) is 12.7. The first-order chi connectivity index (χ1) is 19.3. The van der Waals surface area contributed by atoms with Crippen molar-refractivity contribution in [1.82, 2.24) is 19.8 Å². The van der Waals surface area contributed by atoms with Crippen molar-refractivity contribution < 1.29 is 9.53 Å². The Bertz CT molecular complexity index is 1490. The summed E-state index contributed by atoms with van der Waals surface area (Å²) in [6.07, 6.45) is 5.06. The summed E-state index contributed by atoms with van der Waals surface area (Å²) in [7, 11) is 2.09. The molecule has 8 nitrogen and oxygen atoms in total. The first kappa shape index (κ1) is 28.7. The van der Waals surface area contributed by atoms with E-state index in [9.17, 15) is 15.3 Å². The molecule has 8 heteroatoms. The number of hydrogen-bond donors (Lipinski definition) is 0. The molecule has 206 valence electrons. The number of nitrogens with zero attached hydrogens (tertiary/aromatic N) is 6. The minimum atomic E-state index is -0.298. The number of hydrogen-bond acceptors (Lipinski definition) is 7. The van der Waals surface area contributed by atoms with Gasteiger partial charge in [0, 0.05) is 48.4 Å². The molecule has 0 unspecified atom stereocenters. The van der Waals surface area contributed by atoms with E-state index in [0.717, 1.165) is 53.0 Å².